The highest BCUT2D eigenvalue weighted by Crippen LogP contribution is 2.73. The highest BCUT2D eigenvalue weighted by molar-refractivity contribution is 5.92. The van der Waals surface area contributed by atoms with E-state index in [1.54, 1.807) is 6.08 Å². The van der Waals surface area contributed by atoms with E-state index in [0.29, 0.717) is 63.7 Å². The van der Waals surface area contributed by atoms with E-state index in [-0.39, 0.29) is 92.5 Å². The van der Waals surface area contributed by atoms with Crippen LogP contribution in [0.25, 0.3) is 12.2 Å². The summed E-state index contributed by atoms with van der Waals surface area (Å²) in [4.78, 5) is 61.6. The molecule has 12 N–H and O–H groups in total. The highest BCUT2D eigenvalue weighted by atomic mass is 16.3. The molecule has 12 fully saturated rings. The van der Waals surface area contributed by atoms with Crippen molar-refractivity contribution in [1.82, 2.24) is 19.6 Å². The largest absolute Gasteiger partial charge is 0.393 e. The highest BCUT2D eigenvalue weighted by Gasteiger charge is 2.73. The minimum Gasteiger partial charge on any atom is -0.393 e. The monoisotopic (exact) mass is 1520 g/mol. The summed E-state index contributed by atoms with van der Waals surface area (Å²) in [5, 5.41) is 137. The van der Waals surface area contributed by atoms with Gasteiger partial charge in [0.15, 0.2) is 28.9 Å². The Morgan fingerprint density at radius 1 is 0.436 bits per heavy atom. The molecule has 0 aromatic carbocycles. The van der Waals surface area contributed by atoms with E-state index >= 15 is 0 Å². The SMILES string of the molecule is C=C1C=C2CC[C@@H]3[C@H]([C@@H](O)C[C@@]4(C)[C@H]3CC[C@]4(O)C(=O)CO)[C@@]2(C)CC1.C[C@]12CCC(=O)C=C1CC[C@@H]1[C@@H]2[C@@H](O)C[C@@]2(C)[C@H]1CC[C@]2(O)C(=O)CO.Cn1cc2c(n1)C=C1CC[C@@H]3[C@H]([C@@H](O)C[C@@]4(C)[C@H]3CC[C@]4(O)C(=O)CO)[C@@]1(C)C2.Cn1ncc2c1C=C1CC[C@@H]3[C@H]([C@@H](O)C[C@@]4(C)[C@H]3CC[C@]4(O)C(=O)CO)[C@@]1(C)C2. The van der Waals surface area contributed by atoms with Crippen LogP contribution in [0.5, 0.6) is 0 Å². The molecular formula is C89H126N4O17. The molecule has 21 heteroatoms. The van der Waals surface area contributed by atoms with Crippen LogP contribution in [0.1, 0.15) is 232 Å². The molecule has 18 rings (SSSR count). The zero-order valence-electron chi connectivity index (χ0n) is 66.8. The predicted octanol–water partition coefficient (Wildman–Crippen LogP) is 8.28. The van der Waals surface area contributed by atoms with Gasteiger partial charge in [0, 0.05) is 48.4 Å². The summed E-state index contributed by atoms with van der Waals surface area (Å²) in [7, 11) is 3.92. The number of hydrogen-bond donors (Lipinski definition) is 12. The van der Waals surface area contributed by atoms with Gasteiger partial charge in [0.1, 0.15) is 48.8 Å². The molecule has 28 atom stereocenters. The van der Waals surface area contributed by atoms with Crippen LogP contribution in [0.3, 0.4) is 0 Å². The van der Waals surface area contributed by atoms with Gasteiger partial charge >= 0.3 is 0 Å². The summed E-state index contributed by atoms with van der Waals surface area (Å²) in [5.41, 5.74) is 2.04. The van der Waals surface area contributed by atoms with Gasteiger partial charge in [-0.05, 0) is 283 Å². The number of aliphatic hydroxyl groups excluding tert-OH is 8. The van der Waals surface area contributed by atoms with Gasteiger partial charge in [0.05, 0.1) is 42.0 Å². The summed E-state index contributed by atoms with van der Waals surface area (Å²) in [6.07, 6.45) is 29.3. The molecule has 0 spiro atoms. The van der Waals surface area contributed by atoms with Gasteiger partial charge in [-0.2, -0.15) is 10.2 Å². The molecule has 12 saturated carbocycles. The summed E-state index contributed by atoms with van der Waals surface area (Å²) in [5.74, 6) is 0.524. The predicted molar refractivity (Wildman–Crippen MR) is 410 cm³/mol. The Hall–Kier alpha value is -5.01. The molecule has 110 heavy (non-hydrogen) atoms. The van der Waals surface area contributed by atoms with Crippen LogP contribution in [-0.4, -0.2) is 183 Å². The fourth-order valence-electron chi connectivity index (χ4n) is 30.5. The van der Waals surface area contributed by atoms with Gasteiger partial charge < -0.3 is 61.3 Å². The van der Waals surface area contributed by atoms with Crippen LogP contribution in [0.4, 0.5) is 0 Å². The molecule has 0 unspecified atom stereocenters. The Morgan fingerprint density at radius 2 is 0.764 bits per heavy atom. The van der Waals surface area contributed by atoms with Crippen molar-refractivity contribution in [3.8, 4) is 0 Å². The maximum absolute atomic E-state index is 12.5. The first kappa shape index (κ1) is 80.2. The first-order valence-corrected chi connectivity index (χ1v) is 41.9. The third-order valence-corrected chi connectivity index (χ3v) is 36.0. The molecule has 16 aliphatic rings. The van der Waals surface area contributed by atoms with E-state index < -0.39 is 118 Å². The van der Waals surface area contributed by atoms with Crippen LogP contribution in [0.15, 0.2) is 59.0 Å². The minimum absolute atomic E-state index is 0.00739. The van der Waals surface area contributed by atoms with Crippen LogP contribution in [0.2, 0.25) is 0 Å². The molecular weight excluding hydrogens is 1400 g/mol. The summed E-state index contributed by atoms with van der Waals surface area (Å²) < 4.78 is 3.80. The van der Waals surface area contributed by atoms with E-state index in [1.807, 2.05) is 57.4 Å². The second-order valence-corrected chi connectivity index (χ2v) is 40.2. The van der Waals surface area contributed by atoms with Gasteiger partial charge in [0.2, 0.25) is 0 Å². The summed E-state index contributed by atoms with van der Waals surface area (Å²) in [6.45, 7) is 18.5. The summed E-state index contributed by atoms with van der Waals surface area (Å²) >= 11 is 0. The Labute approximate surface area is 648 Å². The number of aliphatic hydroxyl groups is 12. The fourth-order valence-corrected chi connectivity index (χ4v) is 30.5. The molecule has 2 aromatic rings. The van der Waals surface area contributed by atoms with E-state index in [0.717, 1.165) is 115 Å². The summed E-state index contributed by atoms with van der Waals surface area (Å²) in [6, 6.07) is 0. The maximum Gasteiger partial charge on any atom is 0.190 e. The normalized spacial score (nSPS) is 47.9. The lowest BCUT2D eigenvalue weighted by molar-refractivity contribution is -0.182. The van der Waals surface area contributed by atoms with Gasteiger partial charge in [-0.1, -0.05) is 95.9 Å². The number of carbonyl (C=O) groups is 5. The second kappa shape index (κ2) is 27.3. The van der Waals surface area contributed by atoms with Gasteiger partial charge in [-0.25, -0.2) is 0 Å². The van der Waals surface area contributed by atoms with Crippen molar-refractivity contribution < 1.29 is 85.3 Å². The molecule has 0 amide bonds. The lowest BCUT2D eigenvalue weighted by Gasteiger charge is -2.60. The first-order chi connectivity index (χ1) is 51.6. The number of ketones is 5. The molecule has 2 aromatic heterocycles. The minimum atomic E-state index is -1.54. The van der Waals surface area contributed by atoms with Crippen LogP contribution >= 0.6 is 0 Å². The number of nitrogens with zero attached hydrogens (tertiary/aromatic N) is 4. The van der Waals surface area contributed by atoms with E-state index in [4.69, 9.17) is 0 Å². The standard InChI is InChI=1S/2C23H32N2O4.C22H32O4.C21H30O5/c1-21-9-13-11-25(3)24-17(13)8-14(21)4-5-15-16-6-7-23(29,19(28)12-26)22(16,2)10-18(27)20(15)21;1-21-9-13-11-24-25(3)17(13)8-14(21)4-5-15-16-6-7-23(29,19(28)12-26)22(16,2)10-18(27)20(15)21;1-13-6-8-20(2)14(10-13)4-5-15-16-7-9-22(26,18(25)12-23)21(16,3)11-17(24)19(15)20;1-19-7-5-13(23)9-12(19)3-4-14-15-6-8-21(26,17(25)11-22)20(15,2)10-16(24)18(14)19/h2*8,11,15-16,18,20,26-27,29H,4-7,9-10,12H2,1-3H3;10,15-17,19,23-24,26H,1,4-9,11-12H2,2-3H3;9,14-16,18,22,24,26H,3-8,10-11H2,1-2H3/t2*15-,16-,18-,20+,21-,22-,23-;15-,16-,17-,19+,20-,21-,22-;14-,15-,16-,18+,19-,20-,21-/m0000/s1. The molecule has 16 aliphatic carbocycles. The Balaban J connectivity index is 0.000000117. The smallest absolute Gasteiger partial charge is 0.190 e. The molecule has 604 valence electrons. The van der Waals surface area contributed by atoms with Crippen molar-refractivity contribution >= 4 is 41.1 Å². The molecule has 0 saturated heterocycles. The average molecular weight is 1520 g/mol. The number of aromatic nitrogens is 4. The zero-order chi connectivity index (χ0) is 79.3. The van der Waals surface area contributed by atoms with E-state index in [1.165, 1.54) is 44.7 Å². The Morgan fingerprint density at radius 3 is 1.14 bits per heavy atom. The second-order valence-electron chi connectivity index (χ2n) is 40.2. The molecule has 0 bridgehead atoms. The number of allylic oxidation sites excluding steroid dienone is 6. The molecule has 2 heterocycles. The third-order valence-electron chi connectivity index (χ3n) is 36.0. The quantitative estimate of drug-likeness (QED) is 0.118. The number of rotatable bonds is 8. The van der Waals surface area contributed by atoms with Gasteiger partial charge in [-0.15, -0.1) is 0 Å². The van der Waals surface area contributed by atoms with Crippen molar-refractivity contribution in [1.29, 1.82) is 0 Å². The van der Waals surface area contributed by atoms with Crippen molar-refractivity contribution in [2.45, 2.75) is 269 Å². The van der Waals surface area contributed by atoms with Gasteiger partial charge in [0.25, 0.3) is 0 Å². The zero-order valence-corrected chi connectivity index (χ0v) is 66.8. The Kier molecular flexibility index (Phi) is 19.9. The van der Waals surface area contributed by atoms with Crippen LogP contribution in [-0.2, 0) is 50.9 Å². The number of fused-ring (bicyclic) bond motifs is 22. The first-order valence-electron chi connectivity index (χ1n) is 41.9. The van der Waals surface area contributed by atoms with Crippen LogP contribution < -0.4 is 0 Å². The van der Waals surface area contributed by atoms with Crippen molar-refractivity contribution in [2.24, 2.45) is 128 Å². The Bertz CT molecular complexity index is 4110. The number of Topliss-reactive ketones (excluding diaryl/α,β-unsaturated/α-hetero) is 4. The maximum atomic E-state index is 12.5. The van der Waals surface area contributed by atoms with Crippen molar-refractivity contribution in [2.75, 3.05) is 26.4 Å². The van der Waals surface area contributed by atoms with Crippen molar-refractivity contribution in [3.05, 3.63) is 81.5 Å². The topological polar surface area (TPSA) is 364 Å². The average Bonchev–Trinajstić information content (AvgIpc) is 1.45. The number of carbonyl (C=O) groups excluding carboxylic acids is 5. The number of hydrogen-bond acceptors (Lipinski definition) is 19. The van der Waals surface area contributed by atoms with E-state index in [9.17, 15) is 85.3 Å². The molecule has 21 nitrogen and oxygen atoms in total. The third kappa shape index (κ3) is 11.1. The lowest BCUT2D eigenvalue weighted by atomic mass is 9.45. The van der Waals surface area contributed by atoms with Crippen LogP contribution in [0, 0.1) is 114 Å². The number of aryl methyl sites for hydroxylation is 2. The van der Waals surface area contributed by atoms with Gasteiger partial charge in [-0.3, -0.25) is 33.3 Å². The molecule has 0 radical (unpaired) electrons. The lowest BCUT2D eigenvalue weighted by Crippen LogP contribution is -2.62. The van der Waals surface area contributed by atoms with Crippen molar-refractivity contribution in [3.63, 3.8) is 0 Å². The van der Waals surface area contributed by atoms with E-state index in [2.05, 4.69) is 68.9 Å². The fraction of sp³-hybridized carbons (Fsp3) is 0.764. The molecule has 0 aliphatic heterocycles.